The normalized spacial score (nSPS) is 12.7. The number of alkyl carbamates (subject to hydrolysis) is 1. The van der Waals surface area contributed by atoms with Crippen molar-refractivity contribution in [3.8, 4) is 5.75 Å². The Hall–Kier alpha value is -1.75. The van der Waals surface area contributed by atoms with E-state index in [1.54, 1.807) is 7.11 Å². The minimum absolute atomic E-state index is 0.303. The molecule has 106 valence electrons. The number of benzene rings is 1. The smallest absolute Gasteiger partial charge is 0.407 e. The molecular weight excluding hydrogens is 244 g/mol. The lowest BCUT2D eigenvalue weighted by molar-refractivity contribution is 0.0524. The van der Waals surface area contributed by atoms with E-state index in [4.69, 9.17) is 15.2 Å². The van der Waals surface area contributed by atoms with Crippen molar-refractivity contribution in [1.29, 1.82) is 0 Å². The molecule has 1 rings (SSSR count). The fraction of sp³-hybridized carbons (Fsp3) is 0.500. The van der Waals surface area contributed by atoms with Crippen LogP contribution in [0.2, 0.25) is 0 Å². The second kappa shape index (κ2) is 6.43. The quantitative estimate of drug-likeness (QED) is 0.876. The molecule has 0 fully saturated rings. The van der Waals surface area contributed by atoms with Gasteiger partial charge in [-0.15, -0.1) is 0 Å². The van der Waals surface area contributed by atoms with E-state index in [9.17, 15) is 4.79 Å². The first-order chi connectivity index (χ1) is 8.81. The van der Waals surface area contributed by atoms with E-state index < -0.39 is 11.7 Å². The van der Waals surface area contributed by atoms with Gasteiger partial charge in [0.15, 0.2) is 0 Å². The molecule has 0 spiro atoms. The van der Waals surface area contributed by atoms with Gasteiger partial charge in [-0.05, 0) is 38.5 Å². The first kappa shape index (κ1) is 15.3. The minimum Gasteiger partial charge on any atom is -0.497 e. The van der Waals surface area contributed by atoms with Gasteiger partial charge in [-0.1, -0.05) is 12.1 Å². The molecular formula is C14H22N2O3. The number of carbonyl (C=O) groups excluding carboxylic acids is 1. The Labute approximate surface area is 114 Å². The first-order valence-electron chi connectivity index (χ1n) is 6.18. The molecule has 1 aromatic rings. The number of nitrogens with two attached hydrogens (primary N) is 1. The van der Waals surface area contributed by atoms with Crippen LogP contribution in [0.5, 0.6) is 5.75 Å². The van der Waals surface area contributed by atoms with Gasteiger partial charge in [-0.2, -0.15) is 0 Å². The van der Waals surface area contributed by atoms with Crippen molar-refractivity contribution in [3.63, 3.8) is 0 Å². The molecule has 1 amide bonds. The number of ether oxygens (including phenoxy) is 2. The van der Waals surface area contributed by atoms with Gasteiger partial charge in [0.2, 0.25) is 0 Å². The number of hydrogen-bond acceptors (Lipinski definition) is 4. The van der Waals surface area contributed by atoms with Crippen molar-refractivity contribution in [1.82, 2.24) is 5.32 Å². The van der Waals surface area contributed by atoms with E-state index in [0.29, 0.717) is 6.54 Å². The van der Waals surface area contributed by atoms with Crippen molar-refractivity contribution >= 4 is 6.09 Å². The van der Waals surface area contributed by atoms with Gasteiger partial charge in [-0.25, -0.2) is 4.79 Å². The molecule has 0 bridgehead atoms. The van der Waals surface area contributed by atoms with Crippen LogP contribution in [0.15, 0.2) is 24.3 Å². The fourth-order valence-corrected chi connectivity index (χ4v) is 1.50. The van der Waals surface area contributed by atoms with E-state index in [0.717, 1.165) is 11.3 Å². The number of hydrogen-bond donors (Lipinski definition) is 2. The highest BCUT2D eigenvalue weighted by Crippen LogP contribution is 2.17. The molecule has 1 aromatic carbocycles. The zero-order valence-electron chi connectivity index (χ0n) is 11.9. The molecule has 0 heterocycles. The second-order valence-electron chi connectivity index (χ2n) is 5.27. The molecule has 0 aliphatic rings. The summed E-state index contributed by atoms with van der Waals surface area (Å²) in [5, 5.41) is 2.65. The molecule has 5 nitrogen and oxygen atoms in total. The zero-order chi connectivity index (χ0) is 14.5. The summed E-state index contributed by atoms with van der Waals surface area (Å²) in [6, 6.07) is 7.15. The predicted octanol–water partition coefficient (Wildman–Crippen LogP) is 2.22. The van der Waals surface area contributed by atoms with Crippen LogP contribution >= 0.6 is 0 Å². The molecule has 0 saturated carbocycles. The number of carbonyl (C=O) groups is 1. The van der Waals surface area contributed by atoms with Crippen molar-refractivity contribution < 1.29 is 14.3 Å². The van der Waals surface area contributed by atoms with E-state index >= 15 is 0 Å². The van der Waals surface area contributed by atoms with Crippen LogP contribution < -0.4 is 15.8 Å². The molecule has 0 aromatic heterocycles. The summed E-state index contributed by atoms with van der Waals surface area (Å²) < 4.78 is 10.3. The molecule has 5 heteroatoms. The van der Waals surface area contributed by atoms with Crippen LogP contribution in [0.25, 0.3) is 0 Å². The average Bonchev–Trinajstić information content (AvgIpc) is 2.34. The lowest BCUT2D eigenvalue weighted by atomic mass is 10.1. The van der Waals surface area contributed by atoms with Crippen molar-refractivity contribution in [2.24, 2.45) is 5.73 Å². The lowest BCUT2D eigenvalue weighted by Crippen LogP contribution is -2.36. The second-order valence-corrected chi connectivity index (χ2v) is 5.27. The Morgan fingerprint density at radius 3 is 2.68 bits per heavy atom. The first-order valence-corrected chi connectivity index (χ1v) is 6.18. The van der Waals surface area contributed by atoms with Gasteiger partial charge in [0, 0.05) is 12.6 Å². The molecule has 0 saturated heterocycles. The number of methoxy groups -OCH3 is 1. The summed E-state index contributed by atoms with van der Waals surface area (Å²) in [7, 11) is 1.60. The number of rotatable bonds is 4. The Morgan fingerprint density at radius 2 is 2.11 bits per heavy atom. The van der Waals surface area contributed by atoms with Crippen LogP contribution in [-0.2, 0) is 4.74 Å². The van der Waals surface area contributed by atoms with Crippen LogP contribution in [0.1, 0.15) is 32.4 Å². The topological polar surface area (TPSA) is 73.6 Å². The van der Waals surface area contributed by atoms with Crippen molar-refractivity contribution in [3.05, 3.63) is 29.8 Å². The predicted molar refractivity (Wildman–Crippen MR) is 74.2 cm³/mol. The standard InChI is InChI=1S/C14H22N2O3/c1-14(2,3)19-13(17)16-9-12(15)10-6-5-7-11(8-10)18-4/h5-8,12H,9,15H2,1-4H3,(H,16,17). The summed E-state index contributed by atoms with van der Waals surface area (Å²) >= 11 is 0. The van der Waals surface area contributed by atoms with E-state index in [1.807, 2.05) is 45.0 Å². The van der Waals surface area contributed by atoms with E-state index in [1.165, 1.54) is 0 Å². The van der Waals surface area contributed by atoms with Gasteiger partial charge in [0.1, 0.15) is 11.4 Å². The minimum atomic E-state index is -0.510. The Kier molecular flexibility index (Phi) is 5.18. The highest BCUT2D eigenvalue weighted by molar-refractivity contribution is 5.67. The van der Waals surface area contributed by atoms with E-state index in [2.05, 4.69) is 5.32 Å². The van der Waals surface area contributed by atoms with Crippen molar-refractivity contribution in [2.75, 3.05) is 13.7 Å². The largest absolute Gasteiger partial charge is 0.497 e. The molecule has 0 aliphatic heterocycles. The molecule has 1 atom stereocenters. The van der Waals surface area contributed by atoms with Gasteiger partial charge >= 0.3 is 6.09 Å². The van der Waals surface area contributed by atoms with Gasteiger partial charge in [0.25, 0.3) is 0 Å². The molecule has 0 aliphatic carbocycles. The average molecular weight is 266 g/mol. The summed E-state index contributed by atoms with van der Waals surface area (Å²) in [6.45, 7) is 5.75. The molecule has 3 N–H and O–H groups in total. The summed E-state index contributed by atoms with van der Waals surface area (Å²) in [6.07, 6.45) is -0.467. The molecule has 1 unspecified atom stereocenters. The third kappa shape index (κ3) is 5.61. The maximum absolute atomic E-state index is 11.5. The SMILES string of the molecule is COc1cccc(C(N)CNC(=O)OC(C)(C)C)c1. The van der Waals surface area contributed by atoms with Crippen LogP contribution in [-0.4, -0.2) is 25.3 Å². The number of amides is 1. The highest BCUT2D eigenvalue weighted by Gasteiger charge is 2.17. The monoisotopic (exact) mass is 266 g/mol. The van der Waals surface area contributed by atoms with Crippen LogP contribution in [0, 0.1) is 0 Å². The summed E-state index contributed by atoms with van der Waals surface area (Å²) in [4.78, 5) is 11.5. The summed E-state index contributed by atoms with van der Waals surface area (Å²) in [5.74, 6) is 0.741. The maximum Gasteiger partial charge on any atom is 0.407 e. The lowest BCUT2D eigenvalue weighted by Gasteiger charge is -2.21. The third-order valence-electron chi connectivity index (χ3n) is 2.39. The fourth-order valence-electron chi connectivity index (χ4n) is 1.50. The van der Waals surface area contributed by atoms with E-state index in [-0.39, 0.29) is 6.04 Å². The van der Waals surface area contributed by atoms with Gasteiger partial charge in [0.05, 0.1) is 7.11 Å². The maximum atomic E-state index is 11.5. The van der Waals surface area contributed by atoms with Gasteiger partial charge in [-0.3, -0.25) is 0 Å². The van der Waals surface area contributed by atoms with Crippen LogP contribution in [0.4, 0.5) is 4.79 Å². The van der Waals surface area contributed by atoms with Crippen molar-refractivity contribution in [2.45, 2.75) is 32.4 Å². The Morgan fingerprint density at radius 1 is 1.42 bits per heavy atom. The Bertz CT molecular complexity index is 427. The molecule has 0 radical (unpaired) electrons. The highest BCUT2D eigenvalue weighted by atomic mass is 16.6. The Balaban J connectivity index is 2.51. The van der Waals surface area contributed by atoms with Gasteiger partial charge < -0.3 is 20.5 Å². The zero-order valence-corrected chi connectivity index (χ0v) is 11.9. The summed E-state index contributed by atoms with van der Waals surface area (Å²) in [5.41, 5.74) is 6.39. The molecule has 19 heavy (non-hydrogen) atoms. The third-order valence-corrected chi connectivity index (χ3v) is 2.39. The number of nitrogens with one attached hydrogen (secondary N) is 1. The van der Waals surface area contributed by atoms with Crippen LogP contribution in [0.3, 0.4) is 0 Å².